The number of rotatable bonds is 6. The maximum atomic E-state index is 12.7. The van der Waals surface area contributed by atoms with Crippen LogP contribution in [-0.4, -0.2) is 37.5 Å². The van der Waals surface area contributed by atoms with E-state index in [1.165, 1.54) is 0 Å². The van der Waals surface area contributed by atoms with Gasteiger partial charge in [0.15, 0.2) is 0 Å². The number of carbonyl (C=O) groups is 2. The van der Waals surface area contributed by atoms with Crippen molar-refractivity contribution < 1.29 is 19.1 Å². The van der Waals surface area contributed by atoms with E-state index in [2.05, 4.69) is 5.32 Å². The lowest BCUT2D eigenvalue weighted by Gasteiger charge is -2.18. The predicted molar refractivity (Wildman–Crippen MR) is 103 cm³/mol. The number of anilines is 1. The Bertz CT molecular complexity index is 850. The second kappa shape index (κ2) is 8.12. The molecule has 1 heterocycles. The fourth-order valence-electron chi connectivity index (χ4n) is 3.24. The Morgan fingerprint density at radius 3 is 2.67 bits per heavy atom. The normalized spacial score (nSPS) is 16.3. The molecule has 0 bridgehead atoms. The zero-order valence-electron chi connectivity index (χ0n) is 15.8. The van der Waals surface area contributed by atoms with Gasteiger partial charge < -0.3 is 19.7 Å². The van der Waals surface area contributed by atoms with Gasteiger partial charge in [-0.2, -0.15) is 0 Å². The molecule has 1 fully saturated rings. The smallest absolute Gasteiger partial charge is 0.229 e. The average molecular weight is 368 g/mol. The van der Waals surface area contributed by atoms with E-state index in [-0.39, 0.29) is 18.2 Å². The highest BCUT2D eigenvalue weighted by atomic mass is 16.5. The van der Waals surface area contributed by atoms with E-state index in [0.717, 1.165) is 11.1 Å². The lowest BCUT2D eigenvalue weighted by molar-refractivity contribution is -0.128. The van der Waals surface area contributed by atoms with E-state index in [9.17, 15) is 9.59 Å². The zero-order chi connectivity index (χ0) is 19.4. The number of nitrogens with one attached hydrogen (secondary N) is 1. The molecular weight excluding hydrogens is 344 g/mol. The highest BCUT2D eigenvalue weighted by Gasteiger charge is 2.34. The predicted octanol–water partition coefficient (Wildman–Crippen LogP) is 3.00. The Morgan fingerprint density at radius 2 is 1.96 bits per heavy atom. The standard InChI is InChI=1S/C21H24N2O4/c1-14-6-4-5-7-15(14)12-23-13-16(10-20(23)24)21(25)22-18-11-17(26-2)8-9-19(18)27-3/h4-9,11,16H,10,12-13H2,1-3H3,(H,22,25). The lowest BCUT2D eigenvalue weighted by Crippen LogP contribution is -2.28. The average Bonchev–Trinajstić information content (AvgIpc) is 3.04. The van der Waals surface area contributed by atoms with Crippen molar-refractivity contribution in [1.82, 2.24) is 4.90 Å². The van der Waals surface area contributed by atoms with Gasteiger partial charge in [0.05, 0.1) is 25.8 Å². The van der Waals surface area contributed by atoms with Crippen molar-refractivity contribution in [2.45, 2.75) is 19.9 Å². The van der Waals surface area contributed by atoms with E-state index >= 15 is 0 Å². The highest BCUT2D eigenvalue weighted by Crippen LogP contribution is 2.30. The first-order valence-electron chi connectivity index (χ1n) is 8.87. The monoisotopic (exact) mass is 368 g/mol. The molecule has 0 aliphatic carbocycles. The summed E-state index contributed by atoms with van der Waals surface area (Å²) in [5, 5.41) is 2.87. The minimum atomic E-state index is -0.391. The van der Waals surface area contributed by atoms with E-state index < -0.39 is 5.92 Å². The number of ether oxygens (including phenoxy) is 2. The molecular formula is C21H24N2O4. The Kier molecular flexibility index (Phi) is 5.64. The Balaban J connectivity index is 1.68. The van der Waals surface area contributed by atoms with Gasteiger partial charge in [-0.15, -0.1) is 0 Å². The minimum absolute atomic E-state index is 0.00369. The second-order valence-corrected chi connectivity index (χ2v) is 6.66. The summed E-state index contributed by atoms with van der Waals surface area (Å²) in [6.45, 7) is 2.96. The van der Waals surface area contributed by atoms with Gasteiger partial charge in [-0.1, -0.05) is 24.3 Å². The number of likely N-dealkylation sites (tertiary alicyclic amines) is 1. The van der Waals surface area contributed by atoms with Gasteiger partial charge in [0, 0.05) is 25.6 Å². The van der Waals surface area contributed by atoms with Crippen molar-refractivity contribution in [2.24, 2.45) is 5.92 Å². The van der Waals surface area contributed by atoms with E-state index in [1.54, 1.807) is 37.3 Å². The van der Waals surface area contributed by atoms with Crippen molar-refractivity contribution >= 4 is 17.5 Å². The van der Waals surface area contributed by atoms with Crippen molar-refractivity contribution in [1.29, 1.82) is 0 Å². The quantitative estimate of drug-likeness (QED) is 0.851. The molecule has 2 amide bonds. The Morgan fingerprint density at radius 1 is 1.19 bits per heavy atom. The van der Waals surface area contributed by atoms with Gasteiger partial charge in [-0.05, 0) is 30.2 Å². The minimum Gasteiger partial charge on any atom is -0.497 e. The van der Waals surface area contributed by atoms with Crippen LogP contribution in [0.3, 0.4) is 0 Å². The molecule has 142 valence electrons. The molecule has 0 spiro atoms. The van der Waals surface area contributed by atoms with Gasteiger partial charge in [-0.3, -0.25) is 9.59 Å². The first kappa shape index (κ1) is 18.8. The van der Waals surface area contributed by atoms with Gasteiger partial charge in [0.1, 0.15) is 11.5 Å². The molecule has 1 N–H and O–H groups in total. The summed E-state index contributed by atoms with van der Waals surface area (Å²) in [5.74, 6) is 0.579. The first-order valence-corrected chi connectivity index (χ1v) is 8.87. The van der Waals surface area contributed by atoms with Gasteiger partial charge in [0.25, 0.3) is 0 Å². The second-order valence-electron chi connectivity index (χ2n) is 6.66. The Labute approximate surface area is 159 Å². The molecule has 1 atom stereocenters. The molecule has 1 aliphatic heterocycles. The molecule has 0 saturated carbocycles. The number of carbonyl (C=O) groups excluding carboxylic acids is 2. The van der Waals surface area contributed by atoms with Crippen LogP contribution in [0.25, 0.3) is 0 Å². The summed E-state index contributed by atoms with van der Waals surface area (Å²) < 4.78 is 10.5. The number of hydrogen-bond acceptors (Lipinski definition) is 4. The van der Waals surface area contributed by atoms with Crippen molar-refractivity contribution in [3.8, 4) is 11.5 Å². The van der Waals surface area contributed by atoms with Crippen molar-refractivity contribution in [3.63, 3.8) is 0 Å². The van der Waals surface area contributed by atoms with E-state index in [0.29, 0.717) is 30.3 Å². The van der Waals surface area contributed by atoms with Crippen LogP contribution in [0.1, 0.15) is 17.5 Å². The van der Waals surface area contributed by atoms with E-state index in [4.69, 9.17) is 9.47 Å². The Hall–Kier alpha value is -3.02. The first-order chi connectivity index (χ1) is 13.0. The van der Waals surface area contributed by atoms with Crippen LogP contribution in [0.4, 0.5) is 5.69 Å². The maximum absolute atomic E-state index is 12.7. The molecule has 6 heteroatoms. The van der Waals surface area contributed by atoms with Crippen LogP contribution in [0, 0.1) is 12.8 Å². The van der Waals surface area contributed by atoms with Crippen molar-refractivity contribution in [3.05, 3.63) is 53.6 Å². The third-order valence-corrected chi connectivity index (χ3v) is 4.87. The number of benzene rings is 2. The van der Waals surface area contributed by atoms with Crippen LogP contribution in [0.2, 0.25) is 0 Å². The van der Waals surface area contributed by atoms with Crippen LogP contribution in [0.15, 0.2) is 42.5 Å². The SMILES string of the molecule is COc1ccc(OC)c(NC(=O)C2CC(=O)N(Cc3ccccc3C)C2)c1. The molecule has 0 radical (unpaired) electrons. The van der Waals surface area contributed by atoms with Gasteiger partial charge in [0.2, 0.25) is 11.8 Å². The number of nitrogens with zero attached hydrogens (tertiary/aromatic N) is 1. The fraction of sp³-hybridized carbons (Fsp3) is 0.333. The molecule has 6 nitrogen and oxygen atoms in total. The molecule has 1 unspecified atom stereocenters. The summed E-state index contributed by atoms with van der Waals surface area (Å²) in [5.41, 5.74) is 2.77. The molecule has 27 heavy (non-hydrogen) atoms. The van der Waals surface area contributed by atoms with Crippen LogP contribution < -0.4 is 14.8 Å². The third kappa shape index (κ3) is 4.22. The largest absolute Gasteiger partial charge is 0.497 e. The number of hydrogen-bond donors (Lipinski definition) is 1. The topological polar surface area (TPSA) is 67.9 Å². The zero-order valence-corrected chi connectivity index (χ0v) is 15.8. The molecule has 1 aliphatic rings. The van der Waals surface area contributed by atoms with E-state index in [1.807, 2.05) is 31.2 Å². The van der Waals surface area contributed by atoms with Crippen LogP contribution in [0.5, 0.6) is 11.5 Å². The summed E-state index contributed by atoms with van der Waals surface area (Å²) >= 11 is 0. The van der Waals surface area contributed by atoms with Gasteiger partial charge >= 0.3 is 0 Å². The van der Waals surface area contributed by atoms with Gasteiger partial charge in [-0.25, -0.2) is 0 Å². The van der Waals surface area contributed by atoms with Crippen LogP contribution >= 0.6 is 0 Å². The highest BCUT2D eigenvalue weighted by molar-refractivity contribution is 5.98. The molecule has 1 saturated heterocycles. The maximum Gasteiger partial charge on any atom is 0.229 e. The van der Waals surface area contributed by atoms with Crippen LogP contribution in [-0.2, 0) is 16.1 Å². The number of aryl methyl sites for hydroxylation is 1. The fourth-order valence-corrected chi connectivity index (χ4v) is 3.24. The molecule has 3 rings (SSSR count). The summed E-state index contributed by atoms with van der Waals surface area (Å²) in [7, 11) is 3.10. The number of methoxy groups -OCH3 is 2. The summed E-state index contributed by atoms with van der Waals surface area (Å²) in [6, 6.07) is 13.2. The lowest BCUT2D eigenvalue weighted by atomic mass is 10.1. The molecule has 2 aromatic rings. The summed E-state index contributed by atoms with van der Waals surface area (Å²) in [6.07, 6.45) is 0.212. The third-order valence-electron chi connectivity index (χ3n) is 4.87. The molecule has 0 aromatic heterocycles. The summed E-state index contributed by atoms with van der Waals surface area (Å²) in [4.78, 5) is 26.8. The molecule has 2 aromatic carbocycles. The number of amides is 2. The van der Waals surface area contributed by atoms with Crippen molar-refractivity contribution in [2.75, 3.05) is 26.1 Å².